The van der Waals surface area contributed by atoms with Crippen LogP contribution in [0.25, 0.3) is 0 Å². The van der Waals surface area contributed by atoms with Gasteiger partial charge >= 0.3 is 6.03 Å². The third-order valence-electron chi connectivity index (χ3n) is 4.54. The summed E-state index contributed by atoms with van der Waals surface area (Å²) in [4.78, 5) is 37.8. The molecule has 1 aliphatic heterocycles. The molecule has 3 N–H and O–H groups in total. The molecule has 7 heteroatoms. The van der Waals surface area contributed by atoms with Gasteiger partial charge in [0.2, 0.25) is 11.8 Å². The minimum Gasteiger partial charge on any atom is -0.374 e. The zero-order chi connectivity index (χ0) is 19.9. The van der Waals surface area contributed by atoms with E-state index in [4.69, 9.17) is 0 Å². The Bertz CT molecular complexity index is 854. The van der Waals surface area contributed by atoms with Crippen molar-refractivity contribution in [3.8, 4) is 0 Å². The van der Waals surface area contributed by atoms with Crippen molar-refractivity contribution in [2.24, 2.45) is 0 Å². The SMILES string of the molecule is CC(Nc1cccc(N2CCCC2=O)c1)C(=O)NC(=O)NCc1ccccc1. The Morgan fingerprint density at radius 3 is 2.61 bits per heavy atom. The van der Waals surface area contributed by atoms with Crippen molar-refractivity contribution < 1.29 is 14.4 Å². The number of nitrogens with one attached hydrogen (secondary N) is 3. The van der Waals surface area contributed by atoms with Crippen molar-refractivity contribution in [2.45, 2.75) is 32.4 Å². The van der Waals surface area contributed by atoms with Crippen molar-refractivity contribution >= 4 is 29.2 Å². The fraction of sp³-hybridized carbons (Fsp3) is 0.286. The number of anilines is 2. The van der Waals surface area contributed by atoms with Gasteiger partial charge in [0.15, 0.2) is 0 Å². The molecule has 1 aliphatic rings. The maximum absolute atomic E-state index is 12.3. The number of urea groups is 1. The van der Waals surface area contributed by atoms with Gasteiger partial charge in [-0.25, -0.2) is 4.79 Å². The lowest BCUT2D eigenvalue weighted by Gasteiger charge is -2.19. The molecule has 1 atom stereocenters. The molecule has 3 rings (SSSR count). The second-order valence-electron chi connectivity index (χ2n) is 6.72. The van der Waals surface area contributed by atoms with Gasteiger partial charge in [-0.15, -0.1) is 0 Å². The molecule has 0 bridgehead atoms. The Hall–Kier alpha value is -3.35. The van der Waals surface area contributed by atoms with Crippen molar-refractivity contribution in [3.05, 3.63) is 60.2 Å². The van der Waals surface area contributed by atoms with Crippen LogP contribution < -0.4 is 20.9 Å². The van der Waals surface area contributed by atoms with Crippen LogP contribution in [0.4, 0.5) is 16.2 Å². The fourth-order valence-corrected chi connectivity index (χ4v) is 3.04. The zero-order valence-corrected chi connectivity index (χ0v) is 15.8. The van der Waals surface area contributed by atoms with E-state index in [9.17, 15) is 14.4 Å². The molecule has 0 radical (unpaired) electrons. The highest BCUT2D eigenvalue weighted by atomic mass is 16.2. The molecule has 4 amide bonds. The summed E-state index contributed by atoms with van der Waals surface area (Å²) in [5.41, 5.74) is 2.47. The molecule has 7 nitrogen and oxygen atoms in total. The number of amides is 4. The number of hydrogen-bond donors (Lipinski definition) is 3. The summed E-state index contributed by atoms with van der Waals surface area (Å²) in [6.07, 6.45) is 1.42. The van der Waals surface area contributed by atoms with E-state index in [2.05, 4.69) is 16.0 Å². The Morgan fingerprint density at radius 1 is 1.11 bits per heavy atom. The van der Waals surface area contributed by atoms with E-state index < -0.39 is 18.0 Å². The van der Waals surface area contributed by atoms with Crippen LogP contribution in [0.3, 0.4) is 0 Å². The predicted molar refractivity (Wildman–Crippen MR) is 108 cm³/mol. The van der Waals surface area contributed by atoms with Crippen molar-refractivity contribution in [1.29, 1.82) is 0 Å². The van der Waals surface area contributed by atoms with E-state index >= 15 is 0 Å². The summed E-state index contributed by atoms with van der Waals surface area (Å²) in [6, 6.07) is 15.7. The molecule has 1 heterocycles. The number of nitrogens with zero attached hydrogens (tertiary/aromatic N) is 1. The van der Waals surface area contributed by atoms with Crippen molar-refractivity contribution in [1.82, 2.24) is 10.6 Å². The standard InChI is InChI=1S/C21H24N4O3/c1-15(20(27)24-21(28)22-14-16-7-3-2-4-8-16)23-17-9-5-10-18(13-17)25-12-6-11-19(25)26/h2-5,7-10,13,15,23H,6,11-12,14H2,1H3,(H2,22,24,27,28). The summed E-state index contributed by atoms with van der Waals surface area (Å²) >= 11 is 0. The first-order valence-electron chi connectivity index (χ1n) is 9.32. The van der Waals surface area contributed by atoms with Gasteiger partial charge < -0.3 is 15.5 Å². The molecular formula is C21H24N4O3. The van der Waals surface area contributed by atoms with Gasteiger partial charge in [-0.05, 0) is 37.1 Å². The molecule has 28 heavy (non-hydrogen) atoms. The maximum atomic E-state index is 12.3. The smallest absolute Gasteiger partial charge is 0.321 e. The molecule has 1 saturated heterocycles. The Morgan fingerprint density at radius 2 is 1.89 bits per heavy atom. The lowest BCUT2D eigenvalue weighted by Crippen LogP contribution is -2.45. The summed E-state index contributed by atoms with van der Waals surface area (Å²) < 4.78 is 0. The topological polar surface area (TPSA) is 90.5 Å². The highest BCUT2D eigenvalue weighted by molar-refractivity contribution is 5.98. The van der Waals surface area contributed by atoms with Crippen LogP contribution in [0.15, 0.2) is 54.6 Å². The molecule has 0 spiro atoms. The Labute approximate surface area is 164 Å². The van der Waals surface area contributed by atoms with Gasteiger partial charge in [0.25, 0.3) is 0 Å². The third-order valence-corrected chi connectivity index (χ3v) is 4.54. The molecular weight excluding hydrogens is 356 g/mol. The molecule has 1 unspecified atom stereocenters. The zero-order valence-electron chi connectivity index (χ0n) is 15.8. The molecule has 0 aromatic heterocycles. The van der Waals surface area contributed by atoms with E-state index in [1.54, 1.807) is 11.8 Å². The van der Waals surface area contributed by atoms with Crippen LogP contribution in [0.2, 0.25) is 0 Å². The van der Waals surface area contributed by atoms with E-state index in [-0.39, 0.29) is 5.91 Å². The molecule has 2 aromatic carbocycles. The predicted octanol–water partition coefficient (Wildman–Crippen LogP) is 2.64. The van der Waals surface area contributed by atoms with E-state index in [1.807, 2.05) is 54.6 Å². The lowest BCUT2D eigenvalue weighted by molar-refractivity contribution is -0.120. The second kappa shape index (κ2) is 9.03. The Kier molecular flexibility index (Phi) is 6.26. The first kappa shape index (κ1) is 19.4. The third kappa shape index (κ3) is 5.09. The number of imide groups is 1. The quantitative estimate of drug-likeness (QED) is 0.719. The number of hydrogen-bond acceptors (Lipinski definition) is 4. The second-order valence-corrected chi connectivity index (χ2v) is 6.72. The highest BCUT2D eigenvalue weighted by Crippen LogP contribution is 2.24. The number of rotatable bonds is 6. The van der Waals surface area contributed by atoms with E-state index in [1.165, 1.54) is 0 Å². The van der Waals surface area contributed by atoms with Gasteiger partial charge in [-0.3, -0.25) is 14.9 Å². The lowest BCUT2D eigenvalue weighted by atomic mass is 10.2. The monoisotopic (exact) mass is 380 g/mol. The first-order valence-corrected chi connectivity index (χ1v) is 9.32. The summed E-state index contributed by atoms with van der Waals surface area (Å²) in [5.74, 6) is -0.328. The van der Waals surface area contributed by atoms with Crippen LogP contribution in [0, 0.1) is 0 Å². The molecule has 2 aromatic rings. The number of carbonyl (C=O) groups is 3. The van der Waals surface area contributed by atoms with Crippen LogP contribution in [0.5, 0.6) is 0 Å². The molecule has 1 fully saturated rings. The summed E-state index contributed by atoms with van der Waals surface area (Å²) in [7, 11) is 0. The van der Waals surface area contributed by atoms with E-state index in [0.717, 1.165) is 17.7 Å². The Balaban J connectivity index is 1.51. The minimum absolute atomic E-state index is 0.109. The molecule has 146 valence electrons. The summed E-state index contributed by atoms with van der Waals surface area (Å²) in [5, 5.41) is 8.06. The highest BCUT2D eigenvalue weighted by Gasteiger charge is 2.22. The average Bonchev–Trinajstić information content (AvgIpc) is 3.13. The van der Waals surface area contributed by atoms with Gasteiger partial charge in [-0.1, -0.05) is 36.4 Å². The van der Waals surface area contributed by atoms with Gasteiger partial charge in [0.05, 0.1) is 0 Å². The largest absolute Gasteiger partial charge is 0.374 e. The summed E-state index contributed by atoms with van der Waals surface area (Å²) in [6.45, 7) is 2.72. The number of carbonyl (C=O) groups excluding carboxylic acids is 3. The van der Waals surface area contributed by atoms with Crippen LogP contribution >= 0.6 is 0 Å². The van der Waals surface area contributed by atoms with Crippen LogP contribution in [-0.4, -0.2) is 30.4 Å². The minimum atomic E-state index is -0.619. The van der Waals surface area contributed by atoms with Gasteiger partial charge in [-0.2, -0.15) is 0 Å². The van der Waals surface area contributed by atoms with Gasteiger partial charge in [0, 0.05) is 30.9 Å². The first-order chi connectivity index (χ1) is 13.5. The van der Waals surface area contributed by atoms with Crippen LogP contribution in [0.1, 0.15) is 25.3 Å². The normalized spacial score (nSPS) is 14.5. The fourth-order valence-electron chi connectivity index (χ4n) is 3.04. The number of benzene rings is 2. The molecule has 0 saturated carbocycles. The average molecular weight is 380 g/mol. The maximum Gasteiger partial charge on any atom is 0.321 e. The van der Waals surface area contributed by atoms with E-state index in [0.29, 0.717) is 25.2 Å². The molecule has 0 aliphatic carbocycles. The van der Waals surface area contributed by atoms with Crippen molar-refractivity contribution in [3.63, 3.8) is 0 Å². The van der Waals surface area contributed by atoms with Crippen molar-refractivity contribution in [2.75, 3.05) is 16.8 Å². The van der Waals surface area contributed by atoms with Gasteiger partial charge in [0.1, 0.15) is 6.04 Å². The van der Waals surface area contributed by atoms with Crippen LogP contribution in [-0.2, 0) is 16.1 Å².